The van der Waals surface area contributed by atoms with E-state index in [2.05, 4.69) is 45.3 Å². The number of hydrogen-bond acceptors (Lipinski definition) is 4. The predicted molar refractivity (Wildman–Crippen MR) is 71.6 cm³/mol. The van der Waals surface area contributed by atoms with Crippen LogP contribution in [-0.2, 0) is 20.1 Å². The van der Waals surface area contributed by atoms with Crippen LogP contribution in [0.5, 0.6) is 0 Å². The lowest BCUT2D eigenvalue weighted by atomic mass is 10.4. The minimum absolute atomic E-state index is 0.651. The summed E-state index contributed by atoms with van der Waals surface area (Å²) in [6.07, 6.45) is 6.45. The van der Waals surface area contributed by atoms with Crippen molar-refractivity contribution in [2.24, 2.45) is 7.05 Å². The molecule has 0 bridgehead atoms. The Balaban J connectivity index is 1.47. The summed E-state index contributed by atoms with van der Waals surface area (Å²) in [5, 5.41) is 16.2. The highest BCUT2D eigenvalue weighted by Gasteiger charge is 2.28. The van der Waals surface area contributed by atoms with Gasteiger partial charge in [-0.1, -0.05) is 0 Å². The van der Waals surface area contributed by atoms with Gasteiger partial charge in [0, 0.05) is 25.7 Å². The zero-order valence-electron chi connectivity index (χ0n) is 11.5. The van der Waals surface area contributed by atoms with Crippen molar-refractivity contribution in [3.8, 4) is 0 Å². The van der Waals surface area contributed by atoms with Crippen LogP contribution < -0.4 is 5.32 Å². The minimum Gasteiger partial charge on any atom is -0.317 e. The van der Waals surface area contributed by atoms with Gasteiger partial charge in [-0.3, -0.25) is 4.68 Å². The average molecular weight is 260 g/mol. The van der Waals surface area contributed by atoms with E-state index >= 15 is 0 Å². The maximum atomic E-state index is 4.27. The zero-order valence-corrected chi connectivity index (χ0v) is 11.5. The highest BCUT2D eigenvalue weighted by molar-refractivity contribution is 5.07. The van der Waals surface area contributed by atoms with Crippen LogP contribution in [0.1, 0.15) is 36.0 Å². The van der Waals surface area contributed by atoms with Gasteiger partial charge in [-0.25, -0.2) is 0 Å². The Kier molecular flexibility index (Phi) is 3.33. The lowest BCUT2D eigenvalue weighted by molar-refractivity contribution is 0.540. The lowest BCUT2D eigenvalue weighted by Gasteiger charge is -2.05. The Morgan fingerprint density at radius 2 is 2.21 bits per heavy atom. The maximum absolute atomic E-state index is 4.27. The van der Waals surface area contributed by atoms with Crippen molar-refractivity contribution in [2.75, 3.05) is 6.54 Å². The van der Waals surface area contributed by atoms with Crippen molar-refractivity contribution in [3.63, 3.8) is 0 Å². The number of rotatable bonds is 6. The normalized spacial score (nSPS) is 15.1. The van der Waals surface area contributed by atoms with Gasteiger partial charge in [0.1, 0.15) is 11.6 Å². The molecular formula is C13H20N6. The smallest absolute Gasteiger partial charge is 0.146 e. The second kappa shape index (κ2) is 5.13. The molecule has 0 saturated heterocycles. The van der Waals surface area contributed by atoms with Crippen LogP contribution in [0.3, 0.4) is 0 Å². The number of aryl methyl sites for hydroxylation is 1. The van der Waals surface area contributed by atoms with E-state index < -0.39 is 0 Å². The van der Waals surface area contributed by atoms with Gasteiger partial charge in [-0.05, 0) is 25.3 Å². The first-order valence-electron chi connectivity index (χ1n) is 6.82. The third-order valence-electron chi connectivity index (χ3n) is 3.50. The first-order valence-corrected chi connectivity index (χ1v) is 6.82. The fourth-order valence-corrected chi connectivity index (χ4v) is 2.21. The van der Waals surface area contributed by atoms with Crippen molar-refractivity contribution in [1.82, 2.24) is 29.9 Å². The van der Waals surface area contributed by atoms with Crippen LogP contribution in [0.25, 0.3) is 0 Å². The average Bonchev–Trinajstić information content (AvgIpc) is 3.05. The van der Waals surface area contributed by atoms with Crippen LogP contribution in [0, 0.1) is 6.92 Å². The predicted octanol–water partition coefficient (Wildman–Crippen LogP) is 0.987. The Morgan fingerprint density at radius 1 is 1.37 bits per heavy atom. The molecule has 3 rings (SSSR count). The standard InChI is InChI=1S/C13H20N6/c1-10-7-15-19(9-10)6-5-14-8-12-16-17-13(18(12)2)11-3-4-11/h7,9,11,14H,3-6,8H2,1-2H3. The highest BCUT2D eigenvalue weighted by Crippen LogP contribution is 2.38. The molecule has 102 valence electrons. The molecule has 1 aliphatic rings. The van der Waals surface area contributed by atoms with E-state index in [-0.39, 0.29) is 0 Å². The van der Waals surface area contributed by atoms with E-state index in [4.69, 9.17) is 0 Å². The van der Waals surface area contributed by atoms with Crippen LogP contribution in [0.2, 0.25) is 0 Å². The third kappa shape index (κ3) is 2.84. The summed E-state index contributed by atoms with van der Waals surface area (Å²) in [6.45, 7) is 4.57. The van der Waals surface area contributed by atoms with Crippen LogP contribution in [-0.4, -0.2) is 31.1 Å². The molecule has 6 heteroatoms. The molecule has 0 spiro atoms. The van der Waals surface area contributed by atoms with Gasteiger partial charge in [-0.2, -0.15) is 5.10 Å². The van der Waals surface area contributed by atoms with Gasteiger partial charge >= 0.3 is 0 Å². The molecule has 19 heavy (non-hydrogen) atoms. The van der Waals surface area contributed by atoms with Gasteiger partial charge in [-0.15, -0.1) is 10.2 Å². The zero-order chi connectivity index (χ0) is 13.2. The molecule has 6 nitrogen and oxygen atoms in total. The second-order valence-electron chi connectivity index (χ2n) is 5.27. The van der Waals surface area contributed by atoms with Crippen molar-refractivity contribution >= 4 is 0 Å². The van der Waals surface area contributed by atoms with E-state index in [9.17, 15) is 0 Å². The summed E-state index contributed by atoms with van der Waals surface area (Å²) in [5.41, 5.74) is 1.20. The molecule has 0 amide bonds. The Morgan fingerprint density at radius 3 is 2.89 bits per heavy atom. The van der Waals surface area contributed by atoms with Gasteiger partial charge in [0.15, 0.2) is 0 Å². The van der Waals surface area contributed by atoms with E-state index in [1.807, 2.05) is 10.9 Å². The second-order valence-corrected chi connectivity index (χ2v) is 5.27. The lowest BCUT2D eigenvalue weighted by Crippen LogP contribution is -2.21. The molecular weight excluding hydrogens is 240 g/mol. The molecule has 1 fully saturated rings. The molecule has 2 aromatic heterocycles. The van der Waals surface area contributed by atoms with E-state index in [0.29, 0.717) is 5.92 Å². The number of aromatic nitrogens is 5. The Hall–Kier alpha value is -1.69. The van der Waals surface area contributed by atoms with Gasteiger partial charge in [0.25, 0.3) is 0 Å². The summed E-state index contributed by atoms with van der Waals surface area (Å²) in [4.78, 5) is 0. The van der Waals surface area contributed by atoms with Gasteiger partial charge < -0.3 is 9.88 Å². The molecule has 0 radical (unpaired) electrons. The van der Waals surface area contributed by atoms with E-state index in [1.165, 1.54) is 18.4 Å². The number of hydrogen-bond donors (Lipinski definition) is 1. The molecule has 0 atom stereocenters. The Labute approximate surface area is 112 Å². The summed E-state index contributed by atoms with van der Waals surface area (Å²) >= 11 is 0. The van der Waals surface area contributed by atoms with Crippen LogP contribution in [0.15, 0.2) is 12.4 Å². The van der Waals surface area contributed by atoms with Crippen molar-refractivity contribution < 1.29 is 0 Å². The number of nitrogens with zero attached hydrogens (tertiary/aromatic N) is 5. The molecule has 1 N–H and O–H groups in total. The first-order chi connectivity index (χ1) is 9.24. The third-order valence-corrected chi connectivity index (χ3v) is 3.50. The summed E-state index contributed by atoms with van der Waals surface area (Å²) in [5.74, 6) is 2.80. The van der Waals surface area contributed by atoms with Crippen LogP contribution >= 0.6 is 0 Å². The largest absolute Gasteiger partial charge is 0.317 e. The minimum atomic E-state index is 0.651. The first kappa shape index (κ1) is 12.3. The van der Waals surface area contributed by atoms with E-state index in [1.54, 1.807) is 0 Å². The molecule has 2 aromatic rings. The summed E-state index contributed by atoms with van der Waals surface area (Å²) in [7, 11) is 2.06. The fourth-order valence-electron chi connectivity index (χ4n) is 2.21. The van der Waals surface area contributed by atoms with E-state index in [0.717, 1.165) is 31.3 Å². The molecule has 1 saturated carbocycles. The van der Waals surface area contributed by atoms with Crippen molar-refractivity contribution in [2.45, 2.75) is 38.8 Å². The maximum Gasteiger partial charge on any atom is 0.146 e. The topological polar surface area (TPSA) is 60.6 Å². The van der Waals surface area contributed by atoms with Crippen molar-refractivity contribution in [3.05, 3.63) is 29.6 Å². The van der Waals surface area contributed by atoms with Crippen molar-refractivity contribution in [1.29, 1.82) is 0 Å². The van der Waals surface area contributed by atoms with Gasteiger partial charge in [0.05, 0.1) is 19.3 Å². The fraction of sp³-hybridized carbons (Fsp3) is 0.615. The molecule has 1 aliphatic carbocycles. The Bertz CT molecular complexity index is 551. The molecule has 0 aromatic carbocycles. The summed E-state index contributed by atoms with van der Waals surface area (Å²) in [6, 6.07) is 0. The summed E-state index contributed by atoms with van der Waals surface area (Å²) < 4.78 is 4.08. The SMILES string of the molecule is Cc1cnn(CCNCc2nnc(C3CC3)n2C)c1. The molecule has 0 aliphatic heterocycles. The monoisotopic (exact) mass is 260 g/mol. The molecule has 0 unspecified atom stereocenters. The number of nitrogens with one attached hydrogen (secondary N) is 1. The van der Waals surface area contributed by atoms with Gasteiger partial charge in [0.2, 0.25) is 0 Å². The van der Waals surface area contributed by atoms with Crippen LogP contribution in [0.4, 0.5) is 0 Å². The quantitative estimate of drug-likeness (QED) is 0.787. The highest BCUT2D eigenvalue weighted by atomic mass is 15.3. The molecule has 2 heterocycles.